The van der Waals surface area contributed by atoms with Crippen LogP contribution in [0.1, 0.15) is 22.3 Å². The summed E-state index contributed by atoms with van der Waals surface area (Å²) in [5.74, 6) is 0. The molecule has 0 bridgehead atoms. The smallest absolute Gasteiger partial charge is 0.192 e. The number of hydrogen-bond acceptors (Lipinski definition) is 2. The van der Waals surface area contributed by atoms with E-state index in [0.717, 1.165) is 48.6 Å². The molecule has 0 aliphatic carbocycles. The van der Waals surface area contributed by atoms with E-state index in [1.165, 1.54) is 12.1 Å². The van der Waals surface area contributed by atoms with Gasteiger partial charge in [-0.05, 0) is 47.0 Å². The Labute approximate surface area is 156 Å². The van der Waals surface area contributed by atoms with E-state index < -0.39 is 23.5 Å². The molecule has 0 fully saturated rings. The van der Waals surface area contributed by atoms with Crippen LogP contribution in [0.2, 0.25) is 0 Å². The van der Waals surface area contributed by atoms with Crippen LogP contribution in [0.5, 0.6) is 0 Å². The summed E-state index contributed by atoms with van der Waals surface area (Å²) in [6, 6.07) is 11.2. The van der Waals surface area contributed by atoms with Gasteiger partial charge in [-0.3, -0.25) is 0 Å². The molecule has 0 aromatic heterocycles. The Balaban J connectivity index is 2.70. The van der Waals surface area contributed by atoms with Gasteiger partial charge in [-0.1, -0.05) is 30.3 Å². The van der Waals surface area contributed by atoms with Gasteiger partial charge in [-0.15, -0.1) is 0 Å². The van der Waals surface area contributed by atoms with Gasteiger partial charge in [0.15, 0.2) is 0 Å². The van der Waals surface area contributed by atoms with E-state index in [0.29, 0.717) is 0 Å². The van der Waals surface area contributed by atoms with E-state index in [-0.39, 0.29) is 22.3 Å². The molecule has 2 aromatic rings. The molecule has 28 heavy (non-hydrogen) atoms. The Kier molecular flexibility index (Phi) is 5.95. The normalized spacial score (nSPS) is 11.1. The number of rotatable bonds is 3. The maximum atomic E-state index is 13.0. The van der Waals surface area contributed by atoms with Gasteiger partial charge in [0.2, 0.25) is 0 Å². The molecule has 0 unspecified atom stereocenters. The van der Waals surface area contributed by atoms with Gasteiger partial charge in [0.1, 0.15) is 17.7 Å². The Bertz CT molecular complexity index is 939. The quantitative estimate of drug-likeness (QED) is 0.358. The minimum Gasteiger partial charge on any atom is -0.192 e. The monoisotopic (exact) mass is 392 g/mol. The summed E-state index contributed by atoms with van der Waals surface area (Å²) in [5, 5.41) is 17.6. The SMILES string of the molecule is N#CC(C#N)=CC=C(c1cccc(C(F)(F)F)c1)c1cccc(C(F)(F)F)c1. The highest BCUT2D eigenvalue weighted by Crippen LogP contribution is 2.35. The molecule has 0 aliphatic rings. The van der Waals surface area contributed by atoms with Crippen molar-refractivity contribution in [2.75, 3.05) is 0 Å². The van der Waals surface area contributed by atoms with Gasteiger partial charge in [0.05, 0.1) is 11.1 Å². The molecule has 0 radical (unpaired) electrons. The first-order valence-corrected chi connectivity index (χ1v) is 7.63. The van der Waals surface area contributed by atoms with Crippen LogP contribution < -0.4 is 0 Å². The molecule has 2 aromatic carbocycles. The van der Waals surface area contributed by atoms with E-state index in [2.05, 4.69) is 0 Å². The lowest BCUT2D eigenvalue weighted by Gasteiger charge is -2.14. The Morgan fingerprint density at radius 2 is 1.14 bits per heavy atom. The number of nitriles is 2. The number of halogens is 6. The largest absolute Gasteiger partial charge is 0.416 e. The number of benzene rings is 2. The Morgan fingerprint density at radius 1 is 0.714 bits per heavy atom. The topological polar surface area (TPSA) is 47.6 Å². The molecule has 0 N–H and O–H groups in total. The average molecular weight is 392 g/mol. The Morgan fingerprint density at radius 3 is 1.50 bits per heavy atom. The summed E-state index contributed by atoms with van der Waals surface area (Å²) in [4.78, 5) is 0. The molecule has 0 heterocycles. The molecular weight excluding hydrogens is 382 g/mol. The first-order chi connectivity index (χ1) is 13.1. The summed E-state index contributed by atoms with van der Waals surface area (Å²) in [6.45, 7) is 0. The highest BCUT2D eigenvalue weighted by molar-refractivity contribution is 5.81. The maximum absolute atomic E-state index is 13.0. The fraction of sp³-hybridized carbons (Fsp3) is 0.100. The second-order valence-electron chi connectivity index (χ2n) is 5.54. The third-order valence-electron chi connectivity index (χ3n) is 3.66. The molecule has 8 heteroatoms. The molecular formula is C20H10F6N2. The fourth-order valence-corrected chi connectivity index (χ4v) is 2.35. The second-order valence-corrected chi connectivity index (χ2v) is 5.54. The van der Waals surface area contributed by atoms with Gasteiger partial charge in [-0.25, -0.2) is 0 Å². The predicted molar refractivity (Wildman–Crippen MR) is 89.3 cm³/mol. The molecule has 0 spiro atoms. The van der Waals surface area contributed by atoms with Gasteiger partial charge >= 0.3 is 12.4 Å². The van der Waals surface area contributed by atoms with Gasteiger partial charge in [-0.2, -0.15) is 36.9 Å². The van der Waals surface area contributed by atoms with Crippen molar-refractivity contribution in [3.63, 3.8) is 0 Å². The van der Waals surface area contributed by atoms with E-state index in [1.807, 2.05) is 0 Å². The van der Waals surface area contributed by atoms with Crippen molar-refractivity contribution in [2.24, 2.45) is 0 Å². The first kappa shape index (κ1) is 20.8. The van der Waals surface area contributed by atoms with Crippen LogP contribution in [0.25, 0.3) is 5.57 Å². The van der Waals surface area contributed by atoms with Crippen molar-refractivity contribution >= 4 is 5.57 Å². The molecule has 142 valence electrons. The lowest BCUT2D eigenvalue weighted by molar-refractivity contribution is -0.138. The summed E-state index contributed by atoms with van der Waals surface area (Å²) in [7, 11) is 0. The van der Waals surface area contributed by atoms with Crippen LogP contribution >= 0.6 is 0 Å². The van der Waals surface area contributed by atoms with Crippen LogP contribution in [0.4, 0.5) is 26.3 Å². The average Bonchev–Trinajstić information content (AvgIpc) is 2.64. The van der Waals surface area contributed by atoms with Crippen molar-refractivity contribution in [1.82, 2.24) is 0 Å². The highest BCUT2D eigenvalue weighted by atomic mass is 19.4. The predicted octanol–water partition coefficient (Wildman–Crippen LogP) is 6.13. The van der Waals surface area contributed by atoms with E-state index in [1.54, 1.807) is 12.1 Å². The number of alkyl halides is 6. The molecule has 0 aliphatic heterocycles. The van der Waals surface area contributed by atoms with E-state index in [4.69, 9.17) is 10.5 Å². The lowest BCUT2D eigenvalue weighted by Crippen LogP contribution is -2.06. The zero-order chi connectivity index (χ0) is 20.9. The highest BCUT2D eigenvalue weighted by Gasteiger charge is 2.32. The zero-order valence-corrected chi connectivity index (χ0v) is 13.9. The standard InChI is InChI=1S/C20H10F6N2/c21-19(22,23)16-5-1-3-14(9-16)18(8-7-13(11-27)12-28)15-4-2-6-17(10-15)20(24,25)26/h1-10H. The number of allylic oxidation sites excluding steroid dienone is 3. The number of nitrogens with zero attached hydrogens (tertiary/aromatic N) is 2. The van der Waals surface area contributed by atoms with Crippen LogP contribution in [0.15, 0.2) is 66.3 Å². The molecule has 0 saturated heterocycles. The molecule has 0 amide bonds. The lowest BCUT2D eigenvalue weighted by atomic mass is 9.94. The maximum Gasteiger partial charge on any atom is 0.416 e. The van der Waals surface area contributed by atoms with E-state index >= 15 is 0 Å². The van der Waals surface area contributed by atoms with Crippen molar-refractivity contribution < 1.29 is 26.3 Å². The fourth-order valence-electron chi connectivity index (χ4n) is 2.35. The van der Waals surface area contributed by atoms with Gasteiger partial charge in [0, 0.05) is 0 Å². The van der Waals surface area contributed by atoms with Crippen molar-refractivity contribution in [3.05, 3.63) is 88.5 Å². The van der Waals surface area contributed by atoms with Crippen LogP contribution in [0, 0.1) is 22.7 Å². The van der Waals surface area contributed by atoms with Crippen molar-refractivity contribution in [1.29, 1.82) is 10.5 Å². The summed E-state index contributed by atoms with van der Waals surface area (Å²) < 4.78 is 78.1. The van der Waals surface area contributed by atoms with Gasteiger partial charge in [0.25, 0.3) is 0 Å². The van der Waals surface area contributed by atoms with Crippen LogP contribution in [-0.2, 0) is 12.4 Å². The van der Waals surface area contributed by atoms with Crippen molar-refractivity contribution in [2.45, 2.75) is 12.4 Å². The minimum atomic E-state index is -4.64. The minimum absolute atomic E-state index is 0.000185. The molecule has 0 saturated carbocycles. The third-order valence-corrected chi connectivity index (χ3v) is 3.66. The molecule has 0 atom stereocenters. The Hall–Kier alpha value is -3.52. The van der Waals surface area contributed by atoms with Crippen LogP contribution in [-0.4, -0.2) is 0 Å². The molecule has 2 rings (SSSR count). The summed E-state index contributed by atoms with van der Waals surface area (Å²) in [5.41, 5.74) is -2.33. The first-order valence-electron chi connectivity index (χ1n) is 7.63. The summed E-state index contributed by atoms with van der Waals surface area (Å²) >= 11 is 0. The van der Waals surface area contributed by atoms with Crippen LogP contribution in [0.3, 0.4) is 0 Å². The summed E-state index contributed by atoms with van der Waals surface area (Å²) in [6.07, 6.45) is -7.10. The second kappa shape index (κ2) is 8.01. The zero-order valence-electron chi connectivity index (χ0n) is 13.9. The third kappa shape index (κ3) is 5.01. The van der Waals surface area contributed by atoms with Crippen molar-refractivity contribution in [3.8, 4) is 12.1 Å². The number of hydrogen-bond donors (Lipinski definition) is 0. The molecule has 2 nitrogen and oxygen atoms in total. The van der Waals surface area contributed by atoms with E-state index in [9.17, 15) is 26.3 Å². The van der Waals surface area contributed by atoms with Gasteiger partial charge < -0.3 is 0 Å².